The Kier molecular flexibility index (Phi) is 4.95. The fraction of sp³-hybridized carbons (Fsp3) is 0.500. The van der Waals surface area contributed by atoms with Crippen LogP contribution in [-0.4, -0.2) is 34.9 Å². The molecule has 0 unspecified atom stereocenters. The molecule has 1 aromatic heterocycles. The van der Waals surface area contributed by atoms with Crippen molar-refractivity contribution in [2.45, 2.75) is 38.0 Å². The van der Waals surface area contributed by atoms with E-state index in [0.717, 1.165) is 24.3 Å². The average Bonchev–Trinajstić information content (AvgIpc) is 3.24. The van der Waals surface area contributed by atoms with Crippen LogP contribution < -0.4 is 0 Å². The number of nitrogens with zero attached hydrogens (tertiary/aromatic N) is 2. The number of likely N-dealkylation sites (tertiary alicyclic amines) is 1. The summed E-state index contributed by atoms with van der Waals surface area (Å²) in [6, 6.07) is 9.32. The Morgan fingerprint density at radius 3 is 2.62 bits per heavy atom. The first-order chi connectivity index (χ1) is 11.8. The average molecular weight is 344 g/mol. The topological polar surface area (TPSA) is 8.17 Å². The highest BCUT2D eigenvalue weighted by Crippen LogP contribution is 2.33. The van der Waals surface area contributed by atoms with Crippen molar-refractivity contribution >= 4 is 11.8 Å². The fourth-order valence-corrected chi connectivity index (χ4v) is 4.94. The van der Waals surface area contributed by atoms with E-state index < -0.39 is 0 Å². The van der Waals surface area contributed by atoms with E-state index in [9.17, 15) is 4.39 Å². The van der Waals surface area contributed by atoms with Crippen molar-refractivity contribution in [3.63, 3.8) is 0 Å². The molecule has 0 aliphatic carbocycles. The first kappa shape index (κ1) is 16.2. The summed E-state index contributed by atoms with van der Waals surface area (Å²) < 4.78 is 15.8. The second kappa shape index (κ2) is 7.32. The molecule has 0 N–H and O–H groups in total. The summed E-state index contributed by atoms with van der Waals surface area (Å²) in [5, 5.41) is 0. The van der Waals surface area contributed by atoms with Gasteiger partial charge in [0, 0.05) is 23.7 Å². The molecule has 0 bridgehead atoms. The molecule has 0 radical (unpaired) electrons. The molecule has 0 atom stereocenters. The van der Waals surface area contributed by atoms with Crippen LogP contribution in [0.15, 0.2) is 30.3 Å². The highest BCUT2D eigenvalue weighted by atomic mass is 32.2. The number of hydrogen-bond acceptors (Lipinski definition) is 2. The predicted molar refractivity (Wildman–Crippen MR) is 100.0 cm³/mol. The number of thioether (sulfide) groups is 1. The zero-order chi connectivity index (χ0) is 16.4. The minimum absolute atomic E-state index is 0.161. The summed E-state index contributed by atoms with van der Waals surface area (Å²) in [5.41, 5.74) is 5.39. The van der Waals surface area contributed by atoms with Gasteiger partial charge in [0.1, 0.15) is 5.82 Å². The zero-order valence-corrected chi connectivity index (χ0v) is 15.0. The quantitative estimate of drug-likeness (QED) is 0.785. The molecule has 1 aromatic carbocycles. The van der Waals surface area contributed by atoms with Crippen molar-refractivity contribution in [3.8, 4) is 11.3 Å². The molecule has 4 rings (SSSR count). The van der Waals surface area contributed by atoms with Crippen LogP contribution in [0.25, 0.3) is 11.3 Å². The Hall–Kier alpha value is -1.26. The highest BCUT2D eigenvalue weighted by molar-refractivity contribution is 7.98. The molecule has 4 heteroatoms. The van der Waals surface area contributed by atoms with Crippen LogP contribution >= 0.6 is 11.8 Å². The molecule has 0 amide bonds. The smallest absolute Gasteiger partial charge is 0.123 e. The number of rotatable bonds is 5. The lowest BCUT2D eigenvalue weighted by Gasteiger charge is -2.19. The van der Waals surface area contributed by atoms with Crippen molar-refractivity contribution in [2.75, 3.05) is 25.4 Å². The van der Waals surface area contributed by atoms with Crippen molar-refractivity contribution in [2.24, 2.45) is 0 Å². The predicted octanol–water partition coefficient (Wildman–Crippen LogP) is 4.57. The monoisotopic (exact) mass is 344 g/mol. The van der Waals surface area contributed by atoms with Gasteiger partial charge in [0.15, 0.2) is 0 Å². The maximum atomic E-state index is 13.3. The molecule has 0 saturated carbocycles. The van der Waals surface area contributed by atoms with Crippen LogP contribution in [0.1, 0.15) is 30.5 Å². The van der Waals surface area contributed by atoms with Crippen LogP contribution in [0, 0.1) is 5.82 Å². The van der Waals surface area contributed by atoms with Gasteiger partial charge in [0.05, 0.1) is 0 Å². The SMILES string of the molecule is Fc1ccc(-c2cc3c(n2CCCN2CCCC2)CCSC3)cc1. The summed E-state index contributed by atoms with van der Waals surface area (Å²) in [6.45, 7) is 4.81. The lowest BCUT2D eigenvalue weighted by Crippen LogP contribution is -2.22. The lowest BCUT2D eigenvalue weighted by atomic mass is 10.1. The van der Waals surface area contributed by atoms with Crippen LogP contribution in [0.2, 0.25) is 0 Å². The van der Waals surface area contributed by atoms with Gasteiger partial charge in [-0.05, 0) is 92.5 Å². The van der Waals surface area contributed by atoms with E-state index in [4.69, 9.17) is 0 Å². The van der Waals surface area contributed by atoms with E-state index in [0.29, 0.717) is 0 Å². The normalized spacial score (nSPS) is 18.0. The van der Waals surface area contributed by atoms with Gasteiger partial charge in [0.25, 0.3) is 0 Å². The number of benzene rings is 1. The summed E-state index contributed by atoms with van der Waals surface area (Å²) >= 11 is 2.02. The minimum atomic E-state index is -0.161. The van der Waals surface area contributed by atoms with Gasteiger partial charge in [0.2, 0.25) is 0 Å². The van der Waals surface area contributed by atoms with Crippen LogP contribution in [0.4, 0.5) is 4.39 Å². The summed E-state index contributed by atoms with van der Waals surface area (Å²) in [7, 11) is 0. The second-order valence-electron chi connectivity index (χ2n) is 6.86. The first-order valence-corrected chi connectivity index (χ1v) is 10.2. The third-order valence-corrected chi connectivity index (χ3v) is 6.24. The van der Waals surface area contributed by atoms with Crippen molar-refractivity contribution in [3.05, 3.63) is 47.4 Å². The van der Waals surface area contributed by atoms with Gasteiger partial charge in [-0.15, -0.1) is 0 Å². The number of hydrogen-bond donors (Lipinski definition) is 0. The van der Waals surface area contributed by atoms with Gasteiger partial charge in [-0.2, -0.15) is 11.8 Å². The van der Waals surface area contributed by atoms with Gasteiger partial charge in [-0.3, -0.25) is 0 Å². The van der Waals surface area contributed by atoms with Crippen LogP contribution in [-0.2, 0) is 18.7 Å². The molecule has 0 spiro atoms. The third kappa shape index (κ3) is 3.40. The Labute approximate surface area is 148 Å². The van der Waals surface area contributed by atoms with E-state index in [1.807, 2.05) is 23.9 Å². The molecule has 24 heavy (non-hydrogen) atoms. The molecule has 2 aliphatic rings. The second-order valence-corrected chi connectivity index (χ2v) is 7.97. The number of halogens is 1. The van der Waals surface area contributed by atoms with Crippen molar-refractivity contribution in [1.29, 1.82) is 0 Å². The van der Waals surface area contributed by atoms with Crippen LogP contribution in [0.5, 0.6) is 0 Å². The van der Waals surface area contributed by atoms with Gasteiger partial charge in [-0.1, -0.05) is 0 Å². The molecular weight excluding hydrogens is 319 g/mol. The summed E-state index contributed by atoms with van der Waals surface area (Å²) in [4.78, 5) is 2.59. The number of fused-ring (bicyclic) bond motifs is 1. The molecule has 3 heterocycles. The van der Waals surface area contributed by atoms with E-state index in [1.54, 1.807) is 12.1 Å². The van der Waals surface area contributed by atoms with E-state index in [2.05, 4.69) is 15.5 Å². The molecule has 2 aliphatic heterocycles. The Morgan fingerprint density at radius 1 is 1.04 bits per heavy atom. The molecule has 1 saturated heterocycles. The molecule has 1 fully saturated rings. The Bertz CT molecular complexity index is 686. The summed E-state index contributed by atoms with van der Waals surface area (Å²) in [6.07, 6.45) is 5.07. The van der Waals surface area contributed by atoms with Crippen molar-refractivity contribution in [1.82, 2.24) is 9.47 Å². The van der Waals surface area contributed by atoms with E-state index >= 15 is 0 Å². The Balaban J connectivity index is 1.57. The zero-order valence-electron chi connectivity index (χ0n) is 14.1. The highest BCUT2D eigenvalue weighted by Gasteiger charge is 2.19. The maximum Gasteiger partial charge on any atom is 0.123 e. The fourth-order valence-electron chi connectivity index (χ4n) is 3.99. The maximum absolute atomic E-state index is 13.3. The third-order valence-electron chi connectivity index (χ3n) is 5.23. The standard InChI is InChI=1S/C20H25FN2S/c21-18-6-4-16(5-7-18)20-14-17-15-24-13-8-19(17)23(20)12-3-11-22-9-1-2-10-22/h4-7,14H,1-3,8-13,15H2. The van der Waals surface area contributed by atoms with Crippen LogP contribution in [0.3, 0.4) is 0 Å². The van der Waals surface area contributed by atoms with Gasteiger partial charge in [-0.25, -0.2) is 4.39 Å². The Morgan fingerprint density at radius 2 is 1.83 bits per heavy atom. The summed E-state index contributed by atoms with van der Waals surface area (Å²) in [5.74, 6) is 2.17. The van der Waals surface area contributed by atoms with Crippen molar-refractivity contribution < 1.29 is 4.39 Å². The first-order valence-electron chi connectivity index (χ1n) is 9.08. The number of aromatic nitrogens is 1. The van der Waals surface area contributed by atoms with Gasteiger partial charge < -0.3 is 9.47 Å². The lowest BCUT2D eigenvalue weighted by molar-refractivity contribution is 0.325. The molecule has 128 valence electrons. The van der Waals surface area contributed by atoms with Gasteiger partial charge >= 0.3 is 0 Å². The minimum Gasteiger partial charge on any atom is -0.344 e. The van der Waals surface area contributed by atoms with E-state index in [-0.39, 0.29) is 5.82 Å². The molecular formula is C20H25FN2S. The molecule has 2 aromatic rings. The molecule has 2 nitrogen and oxygen atoms in total. The largest absolute Gasteiger partial charge is 0.344 e. The van der Waals surface area contributed by atoms with E-state index in [1.165, 1.54) is 61.6 Å².